The molecular weight excluding hydrogens is 493 g/mol. The number of anilines is 3. The highest BCUT2D eigenvalue weighted by Gasteiger charge is 2.38. The first-order valence-corrected chi connectivity index (χ1v) is 11.7. The molecule has 13 heteroatoms. The van der Waals surface area contributed by atoms with Crippen LogP contribution in [-0.4, -0.2) is 56.5 Å². The number of fused-ring (bicyclic) bond motifs is 1. The monoisotopic (exact) mass is 522 g/mol. The lowest BCUT2D eigenvalue weighted by Gasteiger charge is -2.28. The number of nitrogens with zero attached hydrogens (tertiary/aromatic N) is 3. The molecule has 0 spiro atoms. The summed E-state index contributed by atoms with van der Waals surface area (Å²) in [7, 11) is 0. The van der Waals surface area contributed by atoms with Crippen LogP contribution in [0.2, 0.25) is 0 Å². The quantitative estimate of drug-likeness (QED) is 0.349. The maximum atomic E-state index is 12.1. The normalized spacial score (nSPS) is 17.5. The van der Waals surface area contributed by atoms with Gasteiger partial charge in [0.1, 0.15) is 11.6 Å². The van der Waals surface area contributed by atoms with Crippen LogP contribution in [0, 0.1) is 6.92 Å². The number of carboxylic acids is 1. The summed E-state index contributed by atoms with van der Waals surface area (Å²) in [5, 5.41) is 18.6. The lowest BCUT2D eigenvalue weighted by Crippen LogP contribution is -2.33. The van der Waals surface area contributed by atoms with Gasteiger partial charge in [-0.2, -0.15) is 22.8 Å². The number of rotatable bonds is 6. The van der Waals surface area contributed by atoms with Crippen molar-refractivity contribution >= 4 is 34.9 Å². The van der Waals surface area contributed by atoms with Crippen LogP contribution in [0.15, 0.2) is 36.5 Å². The van der Waals surface area contributed by atoms with Crippen LogP contribution in [0.1, 0.15) is 48.5 Å². The predicted octanol–water partition coefficient (Wildman–Crippen LogP) is 4.27. The molecule has 0 saturated heterocycles. The molecule has 2 aromatic heterocycles. The minimum atomic E-state index is -5.08. The molecule has 5 N–H and O–H groups in total. The van der Waals surface area contributed by atoms with Gasteiger partial charge in [0.25, 0.3) is 0 Å². The summed E-state index contributed by atoms with van der Waals surface area (Å²) in [5.41, 5.74) is 9.04. The summed E-state index contributed by atoms with van der Waals surface area (Å²) in [6.45, 7) is 4.15. The molecule has 1 aliphatic rings. The van der Waals surface area contributed by atoms with Gasteiger partial charge in [0.2, 0.25) is 0 Å². The van der Waals surface area contributed by atoms with Crippen LogP contribution in [0.25, 0.3) is 5.65 Å². The topological polar surface area (TPSA) is 144 Å². The molecule has 2 heterocycles. The van der Waals surface area contributed by atoms with Gasteiger partial charge in [0.15, 0.2) is 5.65 Å². The van der Waals surface area contributed by atoms with Gasteiger partial charge in [0.05, 0.1) is 18.4 Å². The molecule has 1 saturated carbocycles. The summed E-state index contributed by atoms with van der Waals surface area (Å²) in [6, 6.07) is 9.81. The molecule has 0 aliphatic heterocycles. The van der Waals surface area contributed by atoms with Gasteiger partial charge in [-0.05, 0) is 57.7 Å². The standard InChI is InChI=1S/C22H28N6O2.C2HF3O2/c1-3-30-22(29)15-5-4-6-18(13-15)26-21-14(2)20(27-19-11-12-24-28(19)21)25-17-9-7-16(23)8-10-17;3-2(4,5)1(6)7/h4-6,11-13,16-17,26H,3,7-10,23H2,1-2H3,(H,25,27);(H,6,7). The molecule has 200 valence electrons. The molecule has 37 heavy (non-hydrogen) atoms. The van der Waals surface area contributed by atoms with Crippen LogP contribution in [0.5, 0.6) is 0 Å². The van der Waals surface area contributed by atoms with Gasteiger partial charge in [-0.3, -0.25) is 0 Å². The summed E-state index contributed by atoms with van der Waals surface area (Å²) >= 11 is 0. The zero-order valence-electron chi connectivity index (χ0n) is 20.4. The Hall–Kier alpha value is -3.87. The Kier molecular flexibility index (Phi) is 8.92. The number of benzene rings is 1. The second kappa shape index (κ2) is 11.9. The van der Waals surface area contributed by atoms with Crippen molar-refractivity contribution in [3.05, 3.63) is 47.7 Å². The Morgan fingerprint density at radius 3 is 2.51 bits per heavy atom. The van der Waals surface area contributed by atoms with Gasteiger partial charge in [-0.1, -0.05) is 6.07 Å². The number of ether oxygens (including phenoxy) is 1. The van der Waals surface area contributed by atoms with E-state index in [0.29, 0.717) is 24.3 Å². The number of halogens is 3. The Morgan fingerprint density at radius 2 is 1.89 bits per heavy atom. The Bertz CT molecular complexity index is 1240. The van der Waals surface area contributed by atoms with Gasteiger partial charge in [-0.15, -0.1) is 0 Å². The molecule has 0 bridgehead atoms. The molecule has 0 radical (unpaired) electrons. The van der Waals surface area contributed by atoms with Gasteiger partial charge >= 0.3 is 18.1 Å². The van der Waals surface area contributed by atoms with E-state index in [2.05, 4.69) is 15.7 Å². The van der Waals surface area contributed by atoms with Crippen molar-refractivity contribution in [3.8, 4) is 0 Å². The van der Waals surface area contributed by atoms with Crippen LogP contribution in [0.4, 0.5) is 30.5 Å². The maximum absolute atomic E-state index is 12.1. The van der Waals surface area contributed by atoms with E-state index in [9.17, 15) is 18.0 Å². The molecule has 10 nitrogen and oxygen atoms in total. The van der Waals surface area contributed by atoms with E-state index < -0.39 is 12.1 Å². The number of carbonyl (C=O) groups excluding carboxylic acids is 1. The number of aromatic nitrogens is 3. The third kappa shape index (κ3) is 7.32. The molecule has 0 amide bonds. The first kappa shape index (κ1) is 27.7. The van der Waals surface area contributed by atoms with E-state index in [1.165, 1.54) is 0 Å². The first-order chi connectivity index (χ1) is 17.5. The van der Waals surface area contributed by atoms with Gasteiger partial charge < -0.3 is 26.2 Å². The SMILES string of the molecule is CCOC(=O)c1cccc(Nc2c(C)c(NC3CCC(N)CC3)nc3ccnn23)c1.O=C(O)C(F)(F)F. The number of nitrogens with two attached hydrogens (primary N) is 1. The minimum absolute atomic E-state index is 0.304. The highest BCUT2D eigenvalue weighted by atomic mass is 19.4. The van der Waals surface area contributed by atoms with Crippen molar-refractivity contribution in [1.29, 1.82) is 0 Å². The highest BCUT2D eigenvalue weighted by molar-refractivity contribution is 5.90. The molecule has 1 fully saturated rings. The number of hydrogen-bond acceptors (Lipinski definition) is 8. The van der Waals surface area contributed by atoms with Crippen LogP contribution in [-0.2, 0) is 9.53 Å². The first-order valence-electron chi connectivity index (χ1n) is 11.7. The fraction of sp³-hybridized carbons (Fsp3) is 0.417. The molecule has 1 aliphatic carbocycles. The minimum Gasteiger partial charge on any atom is -0.475 e. The van der Waals surface area contributed by atoms with Crippen molar-refractivity contribution in [3.63, 3.8) is 0 Å². The second-order valence-electron chi connectivity index (χ2n) is 8.52. The van der Waals surface area contributed by atoms with E-state index in [1.807, 2.05) is 25.1 Å². The number of esters is 1. The summed E-state index contributed by atoms with van der Waals surface area (Å²) in [6.07, 6.45) is 0.772. The third-order valence-corrected chi connectivity index (χ3v) is 5.76. The summed E-state index contributed by atoms with van der Waals surface area (Å²) in [5.74, 6) is -1.45. The van der Waals surface area contributed by atoms with Crippen LogP contribution < -0.4 is 16.4 Å². The largest absolute Gasteiger partial charge is 0.490 e. The molecule has 4 rings (SSSR count). The molecular formula is C24H29F3N6O4. The zero-order valence-corrected chi connectivity index (χ0v) is 20.4. The number of nitrogens with one attached hydrogen (secondary N) is 2. The van der Waals surface area contributed by atoms with Crippen molar-refractivity contribution in [2.24, 2.45) is 5.73 Å². The number of alkyl halides is 3. The lowest BCUT2D eigenvalue weighted by atomic mass is 9.92. The fourth-order valence-electron chi connectivity index (χ4n) is 3.84. The summed E-state index contributed by atoms with van der Waals surface area (Å²) < 4.78 is 38.6. The Morgan fingerprint density at radius 1 is 1.22 bits per heavy atom. The second-order valence-corrected chi connectivity index (χ2v) is 8.52. The van der Waals surface area contributed by atoms with Crippen molar-refractivity contribution in [1.82, 2.24) is 14.6 Å². The average Bonchev–Trinajstić information content (AvgIpc) is 3.31. The van der Waals surface area contributed by atoms with Crippen molar-refractivity contribution < 1.29 is 32.6 Å². The smallest absolute Gasteiger partial charge is 0.475 e. The van der Waals surface area contributed by atoms with Gasteiger partial charge in [-0.25, -0.2) is 14.6 Å². The zero-order chi connectivity index (χ0) is 27.2. The Labute approximate surface area is 211 Å². The predicted molar refractivity (Wildman–Crippen MR) is 131 cm³/mol. The van der Waals surface area contributed by atoms with Crippen molar-refractivity contribution in [2.75, 3.05) is 17.2 Å². The Balaban J connectivity index is 0.000000479. The highest BCUT2D eigenvalue weighted by Crippen LogP contribution is 2.29. The van der Waals surface area contributed by atoms with E-state index in [-0.39, 0.29) is 5.97 Å². The van der Waals surface area contributed by atoms with E-state index in [4.69, 9.17) is 25.4 Å². The van der Waals surface area contributed by atoms with E-state index in [1.54, 1.807) is 29.8 Å². The van der Waals surface area contributed by atoms with Crippen molar-refractivity contribution in [2.45, 2.75) is 57.8 Å². The number of carbonyl (C=O) groups is 2. The third-order valence-electron chi connectivity index (χ3n) is 5.76. The van der Waals surface area contributed by atoms with E-state index in [0.717, 1.165) is 54.2 Å². The number of hydrogen-bond donors (Lipinski definition) is 4. The van der Waals surface area contributed by atoms with Crippen LogP contribution >= 0.6 is 0 Å². The summed E-state index contributed by atoms with van der Waals surface area (Å²) in [4.78, 5) is 25.7. The number of carboxylic acid groups (broad SMARTS) is 1. The number of aliphatic carboxylic acids is 1. The molecule has 1 aromatic carbocycles. The van der Waals surface area contributed by atoms with Crippen LogP contribution in [0.3, 0.4) is 0 Å². The fourth-order valence-corrected chi connectivity index (χ4v) is 3.84. The van der Waals surface area contributed by atoms with E-state index >= 15 is 0 Å². The molecule has 3 aromatic rings. The molecule has 0 unspecified atom stereocenters. The maximum Gasteiger partial charge on any atom is 0.490 e. The average molecular weight is 523 g/mol. The molecule has 0 atom stereocenters. The van der Waals surface area contributed by atoms with Gasteiger partial charge in [0, 0.05) is 29.4 Å². The lowest BCUT2D eigenvalue weighted by molar-refractivity contribution is -0.192.